The lowest BCUT2D eigenvalue weighted by molar-refractivity contribution is 0.286. The average molecular weight is 265 g/mol. The largest absolute Gasteiger partial charge is 0.494 e. The minimum absolute atomic E-state index is 0.207. The van der Waals surface area contributed by atoms with Crippen molar-refractivity contribution < 1.29 is 9.84 Å². The van der Waals surface area contributed by atoms with Gasteiger partial charge in [0.05, 0.1) is 13.2 Å². The summed E-state index contributed by atoms with van der Waals surface area (Å²) < 4.78 is 5.70. The maximum atomic E-state index is 8.61. The van der Waals surface area contributed by atoms with Crippen LogP contribution in [0.25, 0.3) is 0 Å². The van der Waals surface area contributed by atoms with Gasteiger partial charge in [-0.15, -0.1) is 0 Å². The van der Waals surface area contributed by atoms with Crippen LogP contribution in [0.1, 0.15) is 44.6 Å². The average Bonchev–Trinajstić information content (AvgIpc) is 2.46. The van der Waals surface area contributed by atoms with Gasteiger partial charge in [0.2, 0.25) is 0 Å². The highest BCUT2D eigenvalue weighted by atomic mass is 16.5. The van der Waals surface area contributed by atoms with Crippen LogP contribution < -0.4 is 10.1 Å². The van der Waals surface area contributed by atoms with Crippen molar-refractivity contribution in [3.05, 3.63) is 29.8 Å². The molecular formula is C16H27NO2. The Hall–Kier alpha value is -1.06. The van der Waals surface area contributed by atoms with Gasteiger partial charge in [0.1, 0.15) is 5.75 Å². The second-order valence-corrected chi connectivity index (χ2v) is 4.91. The molecule has 0 radical (unpaired) electrons. The van der Waals surface area contributed by atoms with Crippen LogP contribution in [-0.4, -0.2) is 31.4 Å². The third kappa shape index (κ3) is 6.60. The number of hydrogen-bond donors (Lipinski definition) is 2. The molecule has 0 fully saturated rings. The molecule has 0 aromatic heterocycles. The quantitative estimate of drug-likeness (QED) is 0.639. The molecule has 0 aliphatic carbocycles. The number of hydrogen-bond acceptors (Lipinski definition) is 3. The Bertz CT molecular complexity index is 324. The Morgan fingerprint density at radius 1 is 1.16 bits per heavy atom. The van der Waals surface area contributed by atoms with Crippen molar-refractivity contribution in [3.8, 4) is 5.75 Å². The normalized spacial score (nSPS) is 12.4. The van der Waals surface area contributed by atoms with E-state index in [1.807, 2.05) is 0 Å². The first-order chi connectivity index (χ1) is 9.27. The third-order valence-electron chi connectivity index (χ3n) is 3.37. The zero-order valence-electron chi connectivity index (χ0n) is 12.2. The van der Waals surface area contributed by atoms with Crippen LogP contribution in [0.3, 0.4) is 0 Å². The van der Waals surface area contributed by atoms with E-state index in [4.69, 9.17) is 9.84 Å². The van der Waals surface area contributed by atoms with E-state index >= 15 is 0 Å². The van der Waals surface area contributed by atoms with Gasteiger partial charge in [-0.1, -0.05) is 26.0 Å². The molecule has 0 saturated carbocycles. The fraction of sp³-hybridized carbons (Fsp3) is 0.625. The molecule has 0 unspecified atom stereocenters. The van der Waals surface area contributed by atoms with Crippen LogP contribution >= 0.6 is 0 Å². The summed E-state index contributed by atoms with van der Waals surface area (Å²) in [5, 5.41) is 11.8. The predicted molar refractivity (Wildman–Crippen MR) is 79.8 cm³/mol. The molecule has 1 aromatic carbocycles. The monoisotopic (exact) mass is 265 g/mol. The number of nitrogens with one attached hydrogen (secondary N) is 1. The van der Waals surface area contributed by atoms with Gasteiger partial charge in [-0.2, -0.15) is 0 Å². The van der Waals surface area contributed by atoms with E-state index in [0.29, 0.717) is 12.5 Å². The van der Waals surface area contributed by atoms with Gasteiger partial charge in [0, 0.05) is 6.54 Å². The standard InChI is InChI=1S/C16H27NO2/c1-3-14(2)15-6-8-16(9-7-15)19-13-5-4-10-17-11-12-18/h6-9,14,17-18H,3-5,10-13H2,1-2H3/t14-/m1/s1. The molecule has 0 bridgehead atoms. The van der Waals surface area contributed by atoms with Crippen LogP contribution in [0.15, 0.2) is 24.3 Å². The van der Waals surface area contributed by atoms with Crippen molar-refractivity contribution in [3.63, 3.8) is 0 Å². The van der Waals surface area contributed by atoms with E-state index in [1.54, 1.807) is 0 Å². The van der Waals surface area contributed by atoms with Crippen molar-refractivity contribution in [1.29, 1.82) is 0 Å². The zero-order chi connectivity index (χ0) is 13.9. The van der Waals surface area contributed by atoms with E-state index in [0.717, 1.165) is 31.7 Å². The maximum absolute atomic E-state index is 8.61. The molecule has 1 rings (SSSR count). The third-order valence-corrected chi connectivity index (χ3v) is 3.37. The van der Waals surface area contributed by atoms with Gasteiger partial charge < -0.3 is 15.2 Å². The first-order valence-electron chi connectivity index (χ1n) is 7.32. The van der Waals surface area contributed by atoms with Gasteiger partial charge in [0.15, 0.2) is 0 Å². The first kappa shape index (κ1) is 16.0. The Morgan fingerprint density at radius 2 is 1.89 bits per heavy atom. The fourth-order valence-corrected chi connectivity index (χ4v) is 1.87. The van der Waals surface area contributed by atoms with Crippen LogP contribution in [0, 0.1) is 0 Å². The number of benzene rings is 1. The lowest BCUT2D eigenvalue weighted by Gasteiger charge is -2.10. The van der Waals surface area contributed by atoms with E-state index < -0.39 is 0 Å². The Labute approximate surface area is 117 Å². The van der Waals surface area contributed by atoms with Gasteiger partial charge in [-0.05, 0) is 49.4 Å². The van der Waals surface area contributed by atoms with Crippen molar-refractivity contribution in [1.82, 2.24) is 5.32 Å². The molecule has 108 valence electrons. The highest BCUT2D eigenvalue weighted by molar-refractivity contribution is 5.29. The molecule has 0 aliphatic rings. The van der Waals surface area contributed by atoms with Gasteiger partial charge in [0.25, 0.3) is 0 Å². The highest BCUT2D eigenvalue weighted by Gasteiger charge is 2.02. The Balaban J connectivity index is 2.16. The smallest absolute Gasteiger partial charge is 0.119 e. The molecule has 3 heteroatoms. The summed E-state index contributed by atoms with van der Waals surface area (Å²) >= 11 is 0. The van der Waals surface area contributed by atoms with Crippen LogP contribution in [0.4, 0.5) is 0 Å². The lowest BCUT2D eigenvalue weighted by Crippen LogP contribution is -2.19. The molecular weight excluding hydrogens is 238 g/mol. The fourth-order valence-electron chi connectivity index (χ4n) is 1.87. The number of rotatable bonds is 10. The van der Waals surface area contributed by atoms with E-state index in [1.165, 1.54) is 12.0 Å². The van der Waals surface area contributed by atoms with E-state index in [2.05, 4.69) is 43.4 Å². The van der Waals surface area contributed by atoms with Crippen molar-refractivity contribution in [2.45, 2.75) is 39.0 Å². The summed E-state index contributed by atoms with van der Waals surface area (Å²) in [6.45, 7) is 7.03. The minimum Gasteiger partial charge on any atom is -0.494 e. The number of unbranched alkanes of at least 4 members (excludes halogenated alkanes) is 1. The van der Waals surface area contributed by atoms with Crippen molar-refractivity contribution >= 4 is 0 Å². The summed E-state index contributed by atoms with van der Waals surface area (Å²) in [6, 6.07) is 8.44. The molecule has 0 spiro atoms. The molecule has 0 heterocycles. The van der Waals surface area contributed by atoms with Gasteiger partial charge in [-0.25, -0.2) is 0 Å². The summed E-state index contributed by atoms with van der Waals surface area (Å²) in [5.74, 6) is 1.57. The molecule has 19 heavy (non-hydrogen) atoms. The predicted octanol–water partition coefficient (Wildman–Crippen LogP) is 2.94. The van der Waals surface area contributed by atoms with Crippen molar-refractivity contribution in [2.75, 3.05) is 26.3 Å². The van der Waals surface area contributed by atoms with Crippen LogP contribution in [0.2, 0.25) is 0 Å². The number of ether oxygens (including phenoxy) is 1. The SMILES string of the molecule is CC[C@@H](C)c1ccc(OCCCCNCCO)cc1. The molecule has 1 atom stereocenters. The molecule has 1 aromatic rings. The number of aliphatic hydroxyl groups is 1. The maximum Gasteiger partial charge on any atom is 0.119 e. The Morgan fingerprint density at radius 3 is 2.53 bits per heavy atom. The summed E-state index contributed by atoms with van der Waals surface area (Å²) in [5.41, 5.74) is 1.38. The van der Waals surface area contributed by atoms with Gasteiger partial charge in [-0.3, -0.25) is 0 Å². The van der Waals surface area contributed by atoms with E-state index in [9.17, 15) is 0 Å². The molecule has 2 N–H and O–H groups in total. The lowest BCUT2D eigenvalue weighted by atomic mass is 9.99. The second kappa shape index (κ2) is 9.82. The second-order valence-electron chi connectivity index (χ2n) is 4.91. The highest BCUT2D eigenvalue weighted by Crippen LogP contribution is 2.21. The molecule has 3 nitrogen and oxygen atoms in total. The zero-order valence-corrected chi connectivity index (χ0v) is 12.2. The van der Waals surface area contributed by atoms with Crippen LogP contribution in [0.5, 0.6) is 5.75 Å². The number of aliphatic hydroxyl groups excluding tert-OH is 1. The van der Waals surface area contributed by atoms with Crippen LogP contribution in [-0.2, 0) is 0 Å². The van der Waals surface area contributed by atoms with E-state index in [-0.39, 0.29) is 6.61 Å². The summed E-state index contributed by atoms with van der Waals surface area (Å²) in [4.78, 5) is 0. The summed E-state index contributed by atoms with van der Waals surface area (Å²) in [6.07, 6.45) is 3.28. The first-order valence-corrected chi connectivity index (χ1v) is 7.32. The van der Waals surface area contributed by atoms with Gasteiger partial charge >= 0.3 is 0 Å². The topological polar surface area (TPSA) is 41.5 Å². The molecule has 0 saturated heterocycles. The minimum atomic E-state index is 0.207. The molecule has 0 aliphatic heterocycles. The Kier molecular flexibility index (Phi) is 8.26. The summed E-state index contributed by atoms with van der Waals surface area (Å²) in [7, 11) is 0. The van der Waals surface area contributed by atoms with Crippen molar-refractivity contribution in [2.24, 2.45) is 0 Å². The molecule has 0 amide bonds.